The molecule has 0 radical (unpaired) electrons. The van der Waals surface area contributed by atoms with Crippen molar-refractivity contribution in [2.45, 2.75) is 11.3 Å². The summed E-state index contributed by atoms with van der Waals surface area (Å²) >= 11 is 0. The Morgan fingerprint density at radius 1 is 1.44 bits per heavy atom. The Morgan fingerprint density at radius 2 is 2.00 bits per heavy atom. The van der Waals surface area contributed by atoms with Gasteiger partial charge in [0.05, 0.1) is 25.0 Å². The SMILES string of the molecule is COC(=O)CCO.NS(=O)c1ccccc1. The van der Waals surface area contributed by atoms with Crippen LogP contribution in [0.4, 0.5) is 0 Å². The van der Waals surface area contributed by atoms with Gasteiger partial charge in [-0.25, -0.2) is 9.35 Å². The Morgan fingerprint density at radius 3 is 2.25 bits per heavy atom. The smallest absolute Gasteiger partial charge is 0.307 e. The van der Waals surface area contributed by atoms with Gasteiger partial charge in [0.1, 0.15) is 11.0 Å². The largest absolute Gasteiger partial charge is 0.469 e. The van der Waals surface area contributed by atoms with Crippen LogP contribution in [-0.2, 0) is 20.5 Å². The van der Waals surface area contributed by atoms with Crippen LogP contribution in [0.25, 0.3) is 0 Å². The van der Waals surface area contributed by atoms with Gasteiger partial charge >= 0.3 is 5.97 Å². The van der Waals surface area contributed by atoms with Crippen molar-refractivity contribution in [3.8, 4) is 0 Å². The van der Waals surface area contributed by atoms with Gasteiger partial charge in [-0.05, 0) is 12.1 Å². The summed E-state index contributed by atoms with van der Waals surface area (Å²) in [7, 11) is -0.0393. The van der Waals surface area contributed by atoms with E-state index in [0.29, 0.717) is 4.90 Å². The average molecular weight is 245 g/mol. The van der Waals surface area contributed by atoms with E-state index in [-0.39, 0.29) is 19.0 Å². The average Bonchev–Trinajstić information content (AvgIpc) is 2.31. The van der Waals surface area contributed by atoms with Gasteiger partial charge in [-0.3, -0.25) is 4.79 Å². The molecule has 0 saturated heterocycles. The second-order valence-electron chi connectivity index (χ2n) is 2.66. The first-order chi connectivity index (χ1) is 7.61. The molecule has 0 aliphatic heterocycles. The number of hydrogen-bond donors (Lipinski definition) is 2. The van der Waals surface area contributed by atoms with Crippen LogP contribution in [0, 0.1) is 0 Å². The van der Waals surface area contributed by atoms with Crippen molar-refractivity contribution in [2.75, 3.05) is 13.7 Å². The first-order valence-electron chi connectivity index (χ1n) is 4.50. The lowest BCUT2D eigenvalue weighted by atomic mass is 10.4. The molecule has 0 spiro atoms. The zero-order valence-corrected chi connectivity index (χ0v) is 9.78. The summed E-state index contributed by atoms with van der Waals surface area (Å²) in [6.45, 7) is -0.132. The number of carbonyl (C=O) groups excluding carboxylic acids is 1. The quantitative estimate of drug-likeness (QED) is 0.745. The number of esters is 1. The molecule has 0 amide bonds. The number of aliphatic hydroxyl groups excluding tert-OH is 1. The van der Waals surface area contributed by atoms with Gasteiger partial charge in [-0.1, -0.05) is 18.2 Å². The van der Waals surface area contributed by atoms with Gasteiger partial charge in [0, 0.05) is 0 Å². The van der Waals surface area contributed by atoms with E-state index < -0.39 is 11.0 Å². The maximum atomic E-state index is 10.5. The summed E-state index contributed by atoms with van der Waals surface area (Å²) in [4.78, 5) is 10.7. The molecule has 0 bridgehead atoms. The lowest BCUT2D eigenvalue weighted by Crippen LogP contribution is -2.01. The molecule has 1 aromatic rings. The lowest BCUT2D eigenvalue weighted by molar-refractivity contribution is -0.141. The molecule has 90 valence electrons. The van der Waals surface area contributed by atoms with Gasteiger partial charge in [0.2, 0.25) is 0 Å². The fraction of sp³-hybridized carbons (Fsp3) is 0.300. The van der Waals surface area contributed by atoms with Crippen molar-refractivity contribution >= 4 is 17.0 Å². The minimum Gasteiger partial charge on any atom is -0.469 e. The van der Waals surface area contributed by atoms with Crippen LogP contribution in [0.2, 0.25) is 0 Å². The van der Waals surface area contributed by atoms with Crippen molar-refractivity contribution in [2.24, 2.45) is 5.14 Å². The van der Waals surface area contributed by atoms with Gasteiger partial charge in [-0.15, -0.1) is 0 Å². The molecule has 0 aliphatic rings. The van der Waals surface area contributed by atoms with E-state index in [0.717, 1.165) is 0 Å². The molecule has 0 aromatic heterocycles. The van der Waals surface area contributed by atoms with Crippen LogP contribution in [0.3, 0.4) is 0 Å². The Kier molecular flexibility index (Phi) is 8.32. The zero-order valence-electron chi connectivity index (χ0n) is 8.96. The highest BCUT2D eigenvalue weighted by Gasteiger charge is 1.93. The maximum Gasteiger partial charge on any atom is 0.307 e. The lowest BCUT2D eigenvalue weighted by Gasteiger charge is -1.90. The molecule has 6 heteroatoms. The minimum absolute atomic E-state index is 0.0938. The van der Waals surface area contributed by atoms with E-state index in [1.807, 2.05) is 6.07 Å². The zero-order chi connectivity index (χ0) is 12.4. The fourth-order valence-electron chi connectivity index (χ4n) is 0.748. The third kappa shape index (κ3) is 7.10. The normalized spacial score (nSPS) is 10.9. The number of nitrogens with two attached hydrogens (primary N) is 1. The monoisotopic (exact) mass is 245 g/mol. The molecule has 0 heterocycles. The predicted molar refractivity (Wildman–Crippen MR) is 60.8 cm³/mol. The van der Waals surface area contributed by atoms with Crippen LogP contribution in [-0.4, -0.2) is 29.0 Å². The number of carbonyl (C=O) groups is 1. The molecule has 0 fully saturated rings. The Hall–Kier alpha value is -1.24. The van der Waals surface area contributed by atoms with Crippen molar-refractivity contribution in [1.82, 2.24) is 0 Å². The first kappa shape index (κ1) is 14.8. The first-order valence-corrected chi connectivity index (χ1v) is 5.72. The molecule has 16 heavy (non-hydrogen) atoms. The topological polar surface area (TPSA) is 89.6 Å². The summed E-state index contributed by atoms with van der Waals surface area (Å²) in [6, 6.07) is 8.93. The summed E-state index contributed by atoms with van der Waals surface area (Å²) in [5.74, 6) is -0.373. The van der Waals surface area contributed by atoms with Gasteiger partial charge in [0.15, 0.2) is 0 Å². The van der Waals surface area contributed by atoms with E-state index in [1.165, 1.54) is 7.11 Å². The second-order valence-corrected chi connectivity index (χ2v) is 3.73. The van der Waals surface area contributed by atoms with Gasteiger partial charge in [0.25, 0.3) is 0 Å². The van der Waals surface area contributed by atoms with E-state index in [4.69, 9.17) is 10.2 Å². The maximum absolute atomic E-state index is 10.5. The third-order valence-corrected chi connectivity index (χ3v) is 2.26. The third-order valence-electron chi connectivity index (χ3n) is 1.52. The minimum atomic E-state index is -1.33. The fourth-order valence-corrected chi connectivity index (χ4v) is 1.17. The van der Waals surface area contributed by atoms with Gasteiger partial charge < -0.3 is 9.84 Å². The molecular formula is C10H15NO4S. The number of rotatable bonds is 3. The molecule has 1 rings (SSSR count). The molecule has 1 atom stereocenters. The van der Waals surface area contributed by atoms with Crippen molar-refractivity contribution in [3.63, 3.8) is 0 Å². The highest BCUT2D eigenvalue weighted by molar-refractivity contribution is 7.82. The van der Waals surface area contributed by atoms with E-state index >= 15 is 0 Å². The number of benzene rings is 1. The number of ether oxygens (including phenoxy) is 1. The summed E-state index contributed by atoms with van der Waals surface area (Å²) < 4.78 is 14.7. The molecule has 1 unspecified atom stereocenters. The van der Waals surface area contributed by atoms with E-state index in [2.05, 4.69) is 4.74 Å². The van der Waals surface area contributed by atoms with Crippen LogP contribution >= 0.6 is 0 Å². The molecule has 0 aliphatic carbocycles. The van der Waals surface area contributed by atoms with Crippen molar-refractivity contribution < 1.29 is 18.8 Å². The number of hydrogen-bond acceptors (Lipinski definition) is 4. The Balaban J connectivity index is 0.000000293. The van der Waals surface area contributed by atoms with Crippen LogP contribution in [0.5, 0.6) is 0 Å². The van der Waals surface area contributed by atoms with Crippen LogP contribution < -0.4 is 5.14 Å². The summed E-state index contributed by atoms with van der Waals surface area (Å²) in [6.07, 6.45) is 0.0938. The molecule has 1 aromatic carbocycles. The Labute approximate surface area is 96.8 Å². The molecule has 3 N–H and O–H groups in total. The van der Waals surface area contributed by atoms with Crippen LogP contribution in [0.1, 0.15) is 6.42 Å². The number of aliphatic hydroxyl groups is 1. The Bertz CT molecular complexity index is 329. The number of methoxy groups -OCH3 is 1. The van der Waals surface area contributed by atoms with Crippen molar-refractivity contribution in [3.05, 3.63) is 30.3 Å². The molecule has 0 saturated carbocycles. The van der Waals surface area contributed by atoms with Gasteiger partial charge in [-0.2, -0.15) is 0 Å². The van der Waals surface area contributed by atoms with E-state index in [9.17, 15) is 9.00 Å². The van der Waals surface area contributed by atoms with Crippen molar-refractivity contribution in [1.29, 1.82) is 0 Å². The molecule has 5 nitrogen and oxygen atoms in total. The molecular weight excluding hydrogens is 230 g/mol. The summed E-state index contributed by atoms with van der Waals surface area (Å²) in [5.41, 5.74) is 0. The summed E-state index contributed by atoms with van der Waals surface area (Å²) in [5, 5.41) is 13.2. The van der Waals surface area contributed by atoms with Crippen LogP contribution in [0.15, 0.2) is 35.2 Å². The van der Waals surface area contributed by atoms with E-state index in [1.54, 1.807) is 24.3 Å². The predicted octanol–water partition coefficient (Wildman–Crippen LogP) is 0.210. The highest BCUT2D eigenvalue weighted by atomic mass is 32.2. The standard InChI is InChI=1S/C6H7NOS.C4H8O3/c7-9(8)6-4-2-1-3-5-6;1-7-4(6)2-3-5/h1-5H,7H2;5H,2-3H2,1H3. The second kappa shape index (κ2) is 9.02. The highest BCUT2D eigenvalue weighted by Crippen LogP contribution is 1.99.